The average molecular weight is 444 g/mol. The van der Waals surface area contributed by atoms with Gasteiger partial charge in [0.2, 0.25) is 0 Å². The summed E-state index contributed by atoms with van der Waals surface area (Å²) < 4.78 is 29.7. The number of carbonyl (C=O) groups is 1. The van der Waals surface area contributed by atoms with Crippen LogP contribution in [0.1, 0.15) is 41.6 Å². The first-order chi connectivity index (χ1) is 13.1. The van der Waals surface area contributed by atoms with Crippen LogP contribution in [0.3, 0.4) is 0 Å². The van der Waals surface area contributed by atoms with E-state index in [1.165, 1.54) is 4.31 Å². The molecule has 2 aromatic heterocycles. The van der Waals surface area contributed by atoms with Crippen LogP contribution in [0, 0.1) is 13.8 Å². The molecule has 0 N–H and O–H groups in total. The summed E-state index contributed by atoms with van der Waals surface area (Å²) in [6, 6.07) is 5.41. The molecule has 0 unspecified atom stereocenters. The maximum absolute atomic E-state index is 12.8. The number of nitrogens with zero attached hydrogens (tertiary/aromatic N) is 3. The molecular formula is C19H26ClN3O3S2. The Morgan fingerprint density at radius 3 is 2.32 bits per heavy atom. The smallest absolute Gasteiger partial charge is 0.252 e. The summed E-state index contributed by atoms with van der Waals surface area (Å²) in [4.78, 5) is 14.8. The SMILES string of the molecule is Cc1cc(C(=O)CN2CCN(S(=O)(=O)c3ccc(Cl)s3)CC2)c(C)n1C(C)C. The van der Waals surface area contributed by atoms with Gasteiger partial charge in [0, 0.05) is 49.2 Å². The average Bonchev–Trinajstić information content (AvgIpc) is 3.19. The fourth-order valence-corrected chi connectivity index (χ4v) is 6.89. The largest absolute Gasteiger partial charge is 0.346 e. The Balaban J connectivity index is 1.63. The molecule has 1 aliphatic rings. The number of hydrogen-bond donors (Lipinski definition) is 0. The number of sulfonamides is 1. The van der Waals surface area contributed by atoms with Gasteiger partial charge in [-0.05, 0) is 45.9 Å². The number of rotatable bonds is 6. The van der Waals surface area contributed by atoms with Crippen molar-refractivity contribution in [3.05, 3.63) is 39.5 Å². The number of piperazine rings is 1. The van der Waals surface area contributed by atoms with Crippen molar-refractivity contribution < 1.29 is 13.2 Å². The van der Waals surface area contributed by atoms with Gasteiger partial charge in [-0.1, -0.05) is 11.6 Å². The van der Waals surface area contributed by atoms with Gasteiger partial charge in [0.05, 0.1) is 10.9 Å². The van der Waals surface area contributed by atoms with Crippen molar-refractivity contribution >= 4 is 38.7 Å². The molecule has 3 heterocycles. The molecule has 0 spiro atoms. The van der Waals surface area contributed by atoms with Crippen molar-refractivity contribution in [1.82, 2.24) is 13.8 Å². The van der Waals surface area contributed by atoms with Crippen LogP contribution >= 0.6 is 22.9 Å². The Hall–Kier alpha value is -1.19. The summed E-state index contributed by atoms with van der Waals surface area (Å²) in [6.45, 7) is 10.3. The lowest BCUT2D eigenvalue weighted by Crippen LogP contribution is -2.49. The second-order valence-electron chi connectivity index (χ2n) is 7.41. The predicted molar refractivity (Wildman–Crippen MR) is 113 cm³/mol. The molecule has 2 aromatic rings. The van der Waals surface area contributed by atoms with Crippen molar-refractivity contribution in [2.24, 2.45) is 0 Å². The highest BCUT2D eigenvalue weighted by Gasteiger charge is 2.30. The third kappa shape index (κ3) is 4.21. The lowest BCUT2D eigenvalue weighted by atomic mass is 10.1. The molecule has 1 aliphatic heterocycles. The summed E-state index contributed by atoms with van der Waals surface area (Å²) in [6.07, 6.45) is 0. The number of thiophene rings is 1. The molecule has 0 bridgehead atoms. The minimum Gasteiger partial charge on any atom is -0.346 e. The normalized spacial score (nSPS) is 16.8. The van der Waals surface area contributed by atoms with Crippen molar-refractivity contribution in [1.29, 1.82) is 0 Å². The first-order valence-electron chi connectivity index (χ1n) is 9.30. The van der Waals surface area contributed by atoms with E-state index in [0.717, 1.165) is 28.3 Å². The fourth-order valence-electron chi connectivity index (χ4n) is 3.83. The molecule has 3 rings (SSSR count). The van der Waals surface area contributed by atoms with E-state index in [9.17, 15) is 13.2 Å². The van der Waals surface area contributed by atoms with Gasteiger partial charge in [-0.2, -0.15) is 4.31 Å². The summed E-state index contributed by atoms with van der Waals surface area (Å²) in [5.41, 5.74) is 2.84. The van der Waals surface area contributed by atoms with Gasteiger partial charge in [-0.15, -0.1) is 11.3 Å². The van der Waals surface area contributed by atoms with Crippen LogP contribution in [-0.2, 0) is 10.0 Å². The van der Waals surface area contributed by atoms with Crippen LogP contribution in [0.2, 0.25) is 4.34 Å². The highest BCUT2D eigenvalue weighted by atomic mass is 35.5. The number of aromatic nitrogens is 1. The van der Waals surface area contributed by atoms with E-state index >= 15 is 0 Å². The standard InChI is InChI=1S/C19H26ClN3O3S2/c1-13(2)23-14(3)11-16(15(23)4)17(24)12-21-7-9-22(10-8-21)28(25,26)19-6-5-18(20)27-19/h5-6,11,13H,7-10,12H2,1-4H3. The molecule has 0 saturated carbocycles. The zero-order valence-corrected chi connectivity index (χ0v) is 19.0. The molecule has 0 aromatic carbocycles. The molecule has 6 nitrogen and oxygen atoms in total. The molecule has 0 atom stereocenters. The van der Waals surface area contributed by atoms with Crippen LogP contribution in [0.15, 0.2) is 22.4 Å². The van der Waals surface area contributed by atoms with Gasteiger partial charge < -0.3 is 4.57 Å². The van der Waals surface area contributed by atoms with Gasteiger partial charge in [0.1, 0.15) is 4.21 Å². The van der Waals surface area contributed by atoms with Gasteiger partial charge in [0.15, 0.2) is 5.78 Å². The van der Waals surface area contributed by atoms with Crippen molar-refractivity contribution in [3.63, 3.8) is 0 Å². The van der Waals surface area contributed by atoms with E-state index in [-0.39, 0.29) is 9.99 Å². The van der Waals surface area contributed by atoms with Crippen molar-refractivity contribution in [2.45, 2.75) is 37.9 Å². The Morgan fingerprint density at radius 2 is 1.82 bits per heavy atom. The van der Waals surface area contributed by atoms with Crippen LogP contribution in [0.4, 0.5) is 0 Å². The maximum Gasteiger partial charge on any atom is 0.252 e. The molecule has 154 valence electrons. The van der Waals surface area contributed by atoms with Crippen molar-refractivity contribution in [3.8, 4) is 0 Å². The number of hydrogen-bond acceptors (Lipinski definition) is 5. The summed E-state index contributed by atoms with van der Waals surface area (Å²) in [5, 5.41) is 0. The Morgan fingerprint density at radius 1 is 1.18 bits per heavy atom. The van der Waals surface area contributed by atoms with E-state index in [1.807, 2.05) is 24.8 Å². The van der Waals surface area contributed by atoms with Crippen LogP contribution in [0.5, 0.6) is 0 Å². The third-order valence-corrected chi connectivity index (χ3v) is 8.74. The Bertz CT molecular complexity index is 971. The molecule has 1 fully saturated rings. The second kappa shape index (κ2) is 8.28. The monoisotopic (exact) mass is 443 g/mol. The van der Waals surface area contributed by atoms with Gasteiger partial charge >= 0.3 is 0 Å². The third-order valence-electron chi connectivity index (χ3n) is 5.14. The first-order valence-corrected chi connectivity index (χ1v) is 11.9. The maximum atomic E-state index is 12.8. The van der Waals surface area contributed by atoms with Crippen LogP contribution < -0.4 is 0 Å². The van der Waals surface area contributed by atoms with E-state index in [4.69, 9.17) is 11.6 Å². The zero-order chi connectivity index (χ0) is 20.6. The number of ketones is 1. The summed E-state index contributed by atoms with van der Waals surface area (Å²) in [7, 11) is -3.51. The van der Waals surface area contributed by atoms with E-state index in [0.29, 0.717) is 43.1 Å². The second-order valence-corrected chi connectivity index (χ2v) is 11.3. The molecule has 0 radical (unpaired) electrons. The molecule has 0 amide bonds. The van der Waals surface area contributed by atoms with Gasteiger partial charge in [-0.3, -0.25) is 9.69 Å². The topological polar surface area (TPSA) is 62.6 Å². The molecular weight excluding hydrogens is 418 g/mol. The molecule has 1 saturated heterocycles. The molecule has 9 heteroatoms. The summed E-state index contributed by atoms with van der Waals surface area (Å²) >= 11 is 6.95. The quantitative estimate of drug-likeness (QED) is 0.640. The number of halogens is 1. The highest BCUT2D eigenvalue weighted by molar-refractivity contribution is 7.91. The minimum atomic E-state index is -3.51. The summed E-state index contributed by atoms with van der Waals surface area (Å²) in [5.74, 6) is 0.0846. The Labute approximate surface area is 175 Å². The number of carbonyl (C=O) groups excluding carboxylic acids is 1. The van der Waals surface area contributed by atoms with Crippen molar-refractivity contribution in [2.75, 3.05) is 32.7 Å². The molecule has 28 heavy (non-hydrogen) atoms. The number of Topliss-reactive ketones (excluding diaryl/α,β-unsaturated/α-hetero) is 1. The lowest BCUT2D eigenvalue weighted by Gasteiger charge is -2.33. The highest BCUT2D eigenvalue weighted by Crippen LogP contribution is 2.28. The predicted octanol–water partition coefficient (Wildman–Crippen LogP) is 3.59. The molecule has 0 aliphatic carbocycles. The fraction of sp³-hybridized carbons (Fsp3) is 0.526. The first kappa shape index (κ1) is 21.5. The zero-order valence-electron chi connectivity index (χ0n) is 16.6. The lowest BCUT2D eigenvalue weighted by molar-refractivity contribution is 0.0901. The van der Waals surface area contributed by atoms with E-state index in [2.05, 4.69) is 18.4 Å². The van der Waals surface area contributed by atoms with Gasteiger partial charge in [0.25, 0.3) is 10.0 Å². The minimum absolute atomic E-state index is 0.0846. The van der Waals surface area contributed by atoms with Crippen LogP contribution in [0.25, 0.3) is 0 Å². The van der Waals surface area contributed by atoms with E-state index < -0.39 is 10.0 Å². The Kier molecular flexibility index (Phi) is 6.36. The van der Waals surface area contributed by atoms with Gasteiger partial charge in [-0.25, -0.2) is 8.42 Å². The van der Waals surface area contributed by atoms with Crippen LogP contribution in [-0.4, -0.2) is 60.7 Å². The van der Waals surface area contributed by atoms with E-state index in [1.54, 1.807) is 12.1 Å². The number of aryl methyl sites for hydroxylation is 1.